The van der Waals surface area contributed by atoms with Crippen molar-refractivity contribution in [3.05, 3.63) is 52.4 Å². The average Bonchev–Trinajstić information content (AvgIpc) is 2.92. The molecule has 20 heavy (non-hydrogen) atoms. The monoisotopic (exact) mass is 312 g/mol. The number of anilines is 1. The molecule has 0 spiro atoms. The summed E-state index contributed by atoms with van der Waals surface area (Å²) in [7, 11) is 0. The Kier molecular flexibility index (Phi) is 5.47. The van der Waals surface area contributed by atoms with E-state index in [1.807, 2.05) is 12.1 Å². The second-order valence-corrected chi connectivity index (χ2v) is 4.97. The van der Waals surface area contributed by atoms with Crippen molar-refractivity contribution in [1.29, 1.82) is 0 Å². The van der Waals surface area contributed by atoms with Crippen LogP contribution in [0.15, 0.2) is 41.0 Å². The van der Waals surface area contributed by atoms with Gasteiger partial charge in [0, 0.05) is 13.0 Å². The second-order valence-electron chi connectivity index (χ2n) is 4.15. The molecular weight excluding hydrogens is 299 g/mol. The van der Waals surface area contributed by atoms with Crippen molar-refractivity contribution < 1.29 is 9.21 Å². The number of halogens is 2. The minimum absolute atomic E-state index is 0.183. The lowest BCUT2D eigenvalue weighted by atomic mass is 10.3. The van der Waals surface area contributed by atoms with Gasteiger partial charge in [-0.3, -0.25) is 4.79 Å². The number of furan rings is 1. The van der Waals surface area contributed by atoms with Crippen LogP contribution in [-0.4, -0.2) is 19.0 Å². The van der Waals surface area contributed by atoms with Gasteiger partial charge >= 0.3 is 0 Å². The average molecular weight is 313 g/mol. The molecular formula is C14H14Cl2N2O2. The summed E-state index contributed by atoms with van der Waals surface area (Å²) in [6, 6.07) is 8.80. The third-order valence-electron chi connectivity index (χ3n) is 2.64. The summed E-state index contributed by atoms with van der Waals surface area (Å²) < 4.78 is 5.19. The van der Waals surface area contributed by atoms with E-state index >= 15 is 0 Å². The van der Waals surface area contributed by atoms with E-state index < -0.39 is 0 Å². The van der Waals surface area contributed by atoms with Crippen molar-refractivity contribution in [2.45, 2.75) is 6.42 Å². The van der Waals surface area contributed by atoms with Gasteiger partial charge in [-0.2, -0.15) is 0 Å². The number of carbonyl (C=O) groups excluding carboxylic acids is 1. The van der Waals surface area contributed by atoms with Crippen LogP contribution in [0, 0.1) is 0 Å². The fourth-order valence-electron chi connectivity index (χ4n) is 1.67. The molecule has 1 aromatic carbocycles. The van der Waals surface area contributed by atoms with Gasteiger partial charge < -0.3 is 15.1 Å². The van der Waals surface area contributed by atoms with E-state index in [4.69, 9.17) is 27.6 Å². The quantitative estimate of drug-likeness (QED) is 0.804. The van der Waals surface area contributed by atoms with E-state index in [-0.39, 0.29) is 12.5 Å². The first-order chi connectivity index (χ1) is 9.66. The summed E-state index contributed by atoms with van der Waals surface area (Å²) in [5.41, 5.74) is 0.439. The van der Waals surface area contributed by atoms with Crippen LogP contribution in [0.4, 0.5) is 5.69 Å². The molecule has 1 heterocycles. The lowest BCUT2D eigenvalue weighted by molar-refractivity contribution is -0.115. The molecule has 0 saturated heterocycles. The fourth-order valence-corrected chi connectivity index (χ4v) is 2.16. The van der Waals surface area contributed by atoms with Gasteiger partial charge in [0.1, 0.15) is 5.76 Å². The highest BCUT2D eigenvalue weighted by molar-refractivity contribution is 6.39. The number of para-hydroxylation sites is 1. The maximum absolute atomic E-state index is 11.8. The summed E-state index contributed by atoms with van der Waals surface area (Å²) in [6.45, 7) is 0.833. The number of hydrogen-bond donors (Lipinski definition) is 2. The van der Waals surface area contributed by atoms with Gasteiger partial charge in [-0.15, -0.1) is 0 Å². The van der Waals surface area contributed by atoms with Gasteiger partial charge in [-0.1, -0.05) is 29.3 Å². The molecule has 0 fully saturated rings. The largest absolute Gasteiger partial charge is 0.469 e. The summed E-state index contributed by atoms with van der Waals surface area (Å²) >= 11 is 11.9. The number of carbonyl (C=O) groups is 1. The normalized spacial score (nSPS) is 10.5. The van der Waals surface area contributed by atoms with Gasteiger partial charge in [-0.25, -0.2) is 0 Å². The SMILES string of the molecule is O=C(CNCCc1ccco1)Nc1c(Cl)cccc1Cl. The third kappa shape index (κ3) is 4.27. The highest BCUT2D eigenvalue weighted by atomic mass is 35.5. The molecule has 0 atom stereocenters. The molecule has 0 aliphatic heterocycles. The third-order valence-corrected chi connectivity index (χ3v) is 3.27. The summed E-state index contributed by atoms with van der Waals surface area (Å²) in [5, 5.41) is 6.54. The first-order valence-corrected chi connectivity index (χ1v) is 6.89. The highest BCUT2D eigenvalue weighted by Crippen LogP contribution is 2.29. The molecule has 4 nitrogen and oxygen atoms in total. The van der Waals surface area contributed by atoms with Gasteiger partial charge in [-0.05, 0) is 24.3 Å². The van der Waals surface area contributed by atoms with Crippen molar-refractivity contribution in [2.75, 3.05) is 18.4 Å². The van der Waals surface area contributed by atoms with Gasteiger partial charge in [0.15, 0.2) is 0 Å². The Morgan fingerprint density at radius 2 is 1.90 bits per heavy atom. The first kappa shape index (κ1) is 14.9. The number of rotatable bonds is 6. The standard InChI is InChI=1S/C14H14Cl2N2O2/c15-11-4-1-5-12(16)14(11)18-13(19)9-17-7-6-10-3-2-8-20-10/h1-5,8,17H,6-7,9H2,(H,18,19). The molecule has 2 aromatic rings. The fraction of sp³-hybridized carbons (Fsp3) is 0.214. The Morgan fingerprint density at radius 1 is 1.15 bits per heavy atom. The van der Waals surface area contributed by atoms with E-state index in [2.05, 4.69) is 10.6 Å². The summed E-state index contributed by atoms with van der Waals surface area (Å²) in [4.78, 5) is 11.8. The zero-order valence-electron chi connectivity index (χ0n) is 10.7. The van der Waals surface area contributed by atoms with Crippen LogP contribution in [0.3, 0.4) is 0 Å². The summed E-state index contributed by atoms with van der Waals surface area (Å²) in [5.74, 6) is 0.687. The Hall–Kier alpha value is -1.49. The maximum atomic E-state index is 11.8. The van der Waals surface area contributed by atoms with Gasteiger partial charge in [0.25, 0.3) is 0 Å². The molecule has 0 aliphatic carbocycles. The van der Waals surface area contributed by atoms with Crippen molar-refractivity contribution in [2.24, 2.45) is 0 Å². The van der Waals surface area contributed by atoms with Crippen molar-refractivity contribution in [1.82, 2.24) is 5.32 Å². The molecule has 1 amide bonds. The van der Waals surface area contributed by atoms with Crippen LogP contribution in [0.1, 0.15) is 5.76 Å². The van der Waals surface area contributed by atoms with E-state index in [0.29, 0.717) is 22.3 Å². The number of hydrogen-bond acceptors (Lipinski definition) is 3. The zero-order chi connectivity index (χ0) is 14.4. The van der Waals surface area contributed by atoms with Gasteiger partial charge in [0.05, 0.1) is 28.5 Å². The minimum atomic E-state index is -0.195. The highest BCUT2D eigenvalue weighted by Gasteiger charge is 2.09. The van der Waals surface area contributed by atoms with Crippen molar-refractivity contribution in [3.8, 4) is 0 Å². The Labute approximate surface area is 127 Å². The second kappa shape index (κ2) is 7.33. The van der Waals surface area contributed by atoms with Crippen LogP contribution >= 0.6 is 23.2 Å². The van der Waals surface area contributed by atoms with Crippen molar-refractivity contribution in [3.63, 3.8) is 0 Å². The van der Waals surface area contributed by atoms with E-state index in [0.717, 1.165) is 12.2 Å². The molecule has 106 valence electrons. The molecule has 2 rings (SSSR count). The van der Waals surface area contributed by atoms with Crippen LogP contribution in [0.2, 0.25) is 10.0 Å². The maximum Gasteiger partial charge on any atom is 0.238 e. The Morgan fingerprint density at radius 3 is 2.55 bits per heavy atom. The van der Waals surface area contributed by atoms with E-state index in [1.165, 1.54) is 0 Å². The van der Waals surface area contributed by atoms with Crippen LogP contribution < -0.4 is 10.6 Å². The van der Waals surface area contributed by atoms with Gasteiger partial charge in [0.2, 0.25) is 5.91 Å². The molecule has 0 unspecified atom stereocenters. The molecule has 6 heteroatoms. The van der Waals surface area contributed by atoms with Crippen LogP contribution in [0.5, 0.6) is 0 Å². The molecule has 0 bridgehead atoms. The number of benzene rings is 1. The van der Waals surface area contributed by atoms with Crippen LogP contribution in [0.25, 0.3) is 0 Å². The molecule has 0 radical (unpaired) electrons. The zero-order valence-corrected chi connectivity index (χ0v) is 12.2. The van der Waals surface area contributed by atoms with E-state index in [9.17, 15) is 4.79 Å². The lowest BCUT2D eigenvalue weighted by Crippen LogP contribution is -2.29. The van der Waals surface area contributed by atoms with E-state index in [1.54, 1.807) is 24.5 Å². The smallest absolute Gasteiger partial charge is 0.238 e. The Bertz CT molecular complexity index is 550. The number of nitrogens with one attached hydrogen (secondary N) is 2. The lowest BCUT2D eigenvalue weighted by Gasteiger charge is -2.09. The predicted octanol–water partition coefficient (Wildman–Crippen LogP) is 3.36. The Balaban J connectivity index is 1.75. The first-order valence-electron chi connectivity index (χ1n) is 6.14. The molecule has 0 saturated carbocycles. The summed E-state index contributed by atoms with van der Waals surface area (Å²) in [6.07, 6.45) is 2.36. The topological polar surface area (TPSA) is 54.3 Å². The molecule has 1 aromatic heterocycles. The number of amides is 1. The predicted molar refractivity (Wildman–Crippen MR) is 80.4 cm³/mol. The van der Waals surface area contributed by atoms with Crippen molar-refractivity contribution >= 4 is 34.8 Å². The van der Waals surface area contributed by atoms with Crippen LogP contribution in [-0.2, 0) is 11.2 Å². The molecule has 0 aliphatic rings. The minimum Gasteiger partial charge on any atom is -0.469 e. The molecule has 2 N–H and O–H groups in total.